The van der Waals surface area contributed by atoms with Crippen molar-refractivity contribution in [3.8, 4) is 5.75 Å². The summed E-state index contributed by atoms with van der Waals surface area (Å²) in [6, 6.07) is 13.2. The summed E-state index contributed by atoms with van der Waals surface area (Å²) in [4.78, 5) is 0. The van der Waals surface area contributed by atoms with Gasteiger partial charge >= 0.3 is 0 Å². The Morgan fingerprint density at radius 3 is 2.83 bits per heavy atom. The second kappa shape index (κ2) is 5.65. The third-order valence-corrected chi connectivity index (χ3v) is 2.87. The van der Waals surface area contributed by atoms with Crippen LogP contribution < -0.4 is 15.8 Å². The Kier molecular flexibility index (Phi) is 3.95. The molecule has 3 N–H and O–H groups in total. The van der Waals surface area contributed by atoms with Crippen molar-refractivity contribution < 1.29 is 4.74 Å². The summed E-state index contributed by atoms with van der Waals surface area (Å²) >= 11 is 5.93. The maximum Gasteiger partial charge on any atom is 0.119 e. The Balaban J connectivity index is 2.08. The van der Waals surface area contributed by atoms with Gasteiger partial charge in [0.15, 0.2) is 0 Å². The van der Waals surface area contributed by atoms with Crippen LogP contribution in [0.1, 0.15) is 5.56 Å². The molecule has 0 aromatic heterocycles. The Labute approximate surface area is 112 Å². The molecule has 2 aromatic carbocycles. The zero-order valence-electron chi connectivity index (χ0n) is 10.1. The molecule has 0 aliphatic rings. The first-order valence-electron chi connectivity index (χ1n) is 5.61. The van der Waals surface area contributed by atoms with Crippen LogP contribution in [0, 0.1) is 0 Å². The molecule has 0 atom stereocenters. The number of halogens is 1. The molecule has 0 spiro atoms. The van der Waals surface area contributed by atoms with Crippen molar-refractivity contribution >= 4 is 23.0 Å². The SMILES string of the molecule is COc1cccc(CNc2cc(Cl)ccc2N)c1. The lowest BCUT2D eigenvalue weighted by molar-refractivity contribution is 0.414. The number of nitrogens with two attached hydrogens (primary N) is 1. The number of methoxy groups -OCH3 is 1. The van der Waals surface area contributed by atoms with E-state index in [9.17, 15) is 0 Å². The highest BCUT2D eigenvalue weighted by molar-refractivity contribution is 6.31. The van der Waals surface area contributed by atoms with E-state index in [4.69, 9.17) is 22.1 Å². The molecule has 2 rings (SSSR count). The average molecular weight is 263 g/mol. The van der Waals surface area contributed by atoms with Crippen molar-refractivity contribution in [2.45, 2.75) is 6.54 Å². The fraction of sp³-hybridized carbons (Fsp3) is 0.143. The van der Waals surface area contributed by atoms with Crippen molar-refractivity contribution in [3.63, 3.8) is 0 Å². The third-order valence-electron chi connectivity index (χ3n) is 2.63. The van der Waals surface area contributed by atoms with E-state index < -0.39 is 0 Å². The van der Waals surface area contributed by atoms with Crippen molar-refractivity contribution in [2.75, 3.05) is 18.2 Å². The molecule has 4 heteroatoms. The van der Waals surface area contributed by atoms with Crippen LogP contribution in [0.3, 0.4) is 0 Å². The van der Waals surface area contributed by atoms with Crippen LogP contribution in [-0.2, 0) is 6.54 Å². The van der Waals surface area contributed by atoms with Crippen LogP contribution in [0.2, 0.25) is 5.02 Å². The van der Waals surface area contributed by atoms with Gasteiger partial charge in [0.2, 0.25) is 0 Å². The van der Waals surface area contributed by atoms with Gasteiger partial charge in [-0.1, -0.05) is 23.7 Å². The quantitative estimate of drug-likeness (QED) is 0.829. The molecule has 0 amide bonds. The second-order valence-corrected chi connectivity index (χ2v) is 4.37. The summed E-state index contributed by atoms with van der Waals surface area (Å²) < 4.78 is 5.18. The van der Waals surface area contributed by atoms with E-state index in [0.29, 0.717) is 17.3 Å². The summed E-state index contributed by atoms with van der Waals surface area (Å²) in [5.41, 5.74) is 8.50. The van der Waals surface area contributed by atoms with Gasteiger partial charge in [-0.25, -0.2) is 0 Å². The van der Waals surface area contributed by atoms with Crippen LogP contribution in [-0.4, -0.2) is 7.11 Å². The number of hydrogen-bond donors (Lipinski definition) is 2. The molecule has 0 unspecified atom stereocenters. The van der Waals surface area contributed by atoms with E-state index >= 15 is 0 Å². The van der Waals surface area contributed by atoms with Gasteiger partial charge in [0.05, 0.1) is 18.5 Å². The molecular formula is C14H15ClN2O. The lowest BCUT2D eigenvalue weighted by atomic mass is 10.2. The fourth-order valence-electron chi connectivity index (χ4n) is 1.66. The number of nitrogens with one attached hydrogen (secondary N) is 1. The van der Waals surface area contributed by atoms with Gasteiger partial charge < -0.3 is 15.8 Å². The number of rotatable bonds is 4. The highest BCUT2D eigenvalue weighted by atomic mass is 35.5. The van der Waals surface area contributed by atoms with E-state index in [0.717, 1.165) is 17.0 Å². The number of hydrogen-bond acceptors (Lipinski definition) is 3. The lowest BCUT2D eigenvalue weighted by Crippen LogP contribution is -2.02. The summed E-state index contributed by atoms with van der Waals surface area (Å²) in [5, 5.41) is 3.92. The molecule has 0 aliphatic heterocycles. The molecule has 0 radical (unpaired) electrons. The highest BCUT2D eigenvalue weighted by Crippen LogP contribution is 2.23. The Morgan fingerprint density at radius 1 is 1.22 bits per heavy atom. The number of ether oxygens (including phenoxy) is 1. The van der Waals surface area contributed by atoms with Crippen LogP contribution >= 0.6 is 11.6 Å². The second-order valence-electron chi connectivity index (χ2n) is 3.94. The molecule has 0 aliphatic carbocycles. The van der Waals surface area contributed by atoms with Crippen molar-refractivity contribution in [1.82, 2.24) is 0 Å². The molecule has 0 heterocycles. The average Bonchev–Trinajstić information content (AvgIpc) is 2.40. The van der Waals surface area contributed by atoms with Crippen LogP contribution in [0.15, 0.2) is 42.5 Å². The first-order valence-corrected chi connectivity index (χ1v) is 5.98. The van der Waals surface area contributed by atoms with Gasteiger partial charge in [-0.3, -0.25) is 0 Å². The summed E-state index contributed by atoms with van der Waals surface area (Å²) in [7, 11) is 1.65. The minimum Gasteiger partial charge on any atom is -0.497 e. The van der Waals surface area contributed by atoms with Crippen molar-refractivity contribution in [3.05, 3.63) is 53.1 Å². The third kappa shape index (κ3) is 3.08. The van der Waals surface area contributed by atoms with E-state index in [2.05, 4.69) is 5.32 Å². The largest absolute Gasteiger partial charge is 0.497 e. The minimum absolute atomic E-state index is 0.664. The van der Waals surface area contributed by atoms with Gasteiger partial charge in [-0.15, -0.1) is 0 Å². The van der Waals surface area contributed by atoms with Gasteiger partial charge in [0.1, 0.15) is 5.75 Å². The first-order chi connectivity index (χ1) is 8.69. The van der Waals surface area contributed by atoms with Crippen molar-refractivity contribution in [1.29, 1.82) is 0 Å². The Morgan fingerprint density at radius 2 is 2.06 bits per heavy atom. The van der Waals surface area contributed by atoms with E-state index in [1.165, 1.54) is 0 Å². The van der Waals surface area contributed by atoms with Crippen LogP contribution in [0.5, 0.6) is 5.75 Å². The number of anilines is 2. The van der Waals surface area contributed by atoms with Crippen molar-refractivity contribution in [2.24, 2.45) is 0 Å². The zero-order valence-corrected chi connectivity index (χ0v) is 10.9. The predicted molar refractivity (Wildman–Crippen MR) is 76.2 cm³/mol. The summed E-state index contributed by atoms with van der Waals surface area (Å²) in [5.74, 6) is 0.841. The maximum atomic E-state index is 5.93. The molecule has 0 bridgehead atoms. The molecule has 0 saturated heterocycles. The fourth-order valence-corrected chi connectivity index (χ4v) is 1.83. The highest BCUT2D eigenvalue weighted by Gasteiger charge is 2.01. The Hall–Kier alpha value is -1.87. The van der Waals surface area contributed by atoms with Gasteiger partial charge in [0, 0.05) is 11.6 Å². The summed E-state index contributed by atoms with van der Waals surface area (Å²) in [6.45, 7) is 0.668. The molecule has 94 valence electrons. The van der Waals surface area contributed by atoms with E-state index in [-0.39, 0.29) is 0 Å². The molecule has 0 saturated carbocycles. The predicted octanol–water partition coefficient (Wildman–Crippen LogP) is 3.54. The summed E-state index contributed by atoms with van der Waals surface area (Å²) in [6.07, 6.45) is 0. The van der Waals surface area contributed by atoms with Crippen LogP contribution in [0.4, 0.5) is 11.4 Å². The Bertz CT molecular complexity index is 543. The number of nitrogen functional groups attached to an aromatic ring is 1. The first kappa shape index (κ1) is 12.6. The molecule has 3 nitrogen and oxygen atoms in total. The molecule has 0 fully saturated rings. The number of benzene rings is 2. The zero-order chi connectivity index (χ0) is 13.0. The minimum atomic E-state index is 0.664. The molecule has 18 heavy (non-hydrogen) atoms. The smallest absolute Gasteiger partial charge is 0.119 e. The van der Waals surface area contributed by atoms with Gasteiger partial charge in [-0.2, -0.15) is 0 Å². The lowest BCUT2D eigenvalue weighted by Gasteiger charge is -2.10. The van der Waals surface area contributed by atoms with E-state index in [1.807, 2.05) is 30.3 Å². The normalized spacial score (nSPS) is 10.1. The standard InChI is InChI=1S/C14H15ClN2O/c1-18-12-4-2-3-10(7-12)9-17-14-8-11(15)5-6-13(14)16/h2-8,17H,9,16H2,1H3. The maximum absolute atomic E-state index is 5.93. The van der Waals surface area contributed by atoms with E-state index in [1.54, 1.807) is 19.2 Å². The van der Waals surface area contributed by atoms with Crippen LogP contribution in [0.25, 0.3) is 0 Å². The molecule has 2 aromatic rings. The van der Waals surface area contributed by atoms with Gasteiger partial charge in [-0.05, 0) is 35.9 Å². The molecular weight excluding hydrogens is 248 g/mol. The van der Waals surface area contributed by atoms with Gasteiger partial charge in [0.25, 0.3) is 0 Å². The topological polar surface area (TPSA) is 47.3 Å². The monoisotopic (exact) mass is 262 g/mol.